The molecule has 1 aliphatic rings. The van der Waals surface area contributed by atoms with Crippen molar-refractivity contribution in [2.24, 2.45) is 7.05 Å². The highest BCUT2D eigenvalue weighted by molar-refractivity contribution is 5.74. The number of amides is 1. The molecule has 0 aliphatic carbocycles. The average Bonchev–Trinajstić information content (AvgIpc) is 3.31. The minimum atomic E-state index is -0.268. The van der Waals surface area contributed by atoms with Crippen molar-refractivity contribution >= 4 is 5.91 Å². The van der Waals surface area contributed by atoms with Gasteiger partial charge in [0.15, 0.2) is 0 Å². The quantitative estimate of drug-likeness (QED) is 0.713. The highest BCUT2D eigenvalue weighted by Gasteiger charge is 2.28. The molecular weight excluding hydrogens is 343 g/mol. The number of rotatable bonds is 3. The Morgan fingerprint density at radius 1 is 1.11 bits per heavy atom. The van der Waals surface area contributed by atoms with E-state index in [0.29, 0.717) is 6.54 Å². The molecule has 1 fully saturated rings. The Hall–Kier alpha value is -3.02. The van der Waals surface area contributed by atoms with Crippen molar-refractivity contribution < 1.29 is 9.18 Å². The summed E-state index contributed by atoms with van der Waals surface area (Å²) in [5.41, 5.74) is 4.37. The summed E-state index contributed by atoms with van der Waals surface area (Å²) in [4.78, 5) is 18.5. The predicted octanol–water partition coefficient (Wildman–Crippen LogP) is 3.62. The molecule has 1 unspecified atom stereocenters. The highest BCUT2D eigenvalue weighted by atomic mass is 19.1. The standard InChI is InChI=1S/C21H21FN4O/c1-14(27)26-12-9-16(13-26)18-7-8-19(15-3-5-17(22)6-4-15)23-21(18)20-10-11-25(2)24-20/h3-8,10-11,16H,9,12-13H2,1-2H3. The van der Waals surface area contributed by atoms with Gasteiger partial charge in [-0.1, -0.05) is 6.07 Å². The van der Waals surface area contributed by atoms with Gasteiger partial charge in [0.05, 0.1) is 11.4 Å². The fourth-order valence-corrected chi connectivity index (χ4v) is 3.63. The molecule has 0 radical (unpaired) electrons. The van der Waals surface area contributed by atoms with Gasteiger partial charge < -0.3 is 4.90 Å². The number of aryl methyl sites for hydroxylation is 1. The highest BCUT2D eigenvalue weighted by Crippen LogP contribution is 2.35. The number of aromatic nitrogens is 3. The van der Waals surface area contributed by atoms with E-state index in [1.807, 2.05) is 30.3 Å². The average molecular weight is 364 g/mol. The molecule has 1 amide bonds. The molecule has 0 N–H and O–H groups in total. The van der Waals surface area contributed by atoms with E-state index in [-0.39, 0.29) is 17.6 Å². The van der Waals surface area contributed by atoms with Crippen LogP contribution in [0.3, 0.4) is 0 Å². The van der Waals surface area contributed by atoms with Crippen molar-refractivity contribution in [1.82, 2.24) is 19.7 Å². The number of nitrogens with zero attached hydrogens (tertiary/aromatic N) is 4. The van der Waals surface area contributed by atoms with E-state index < -0.39 is 0 Å². The molecular formula is C21H21FN4O. The topological polar surface area (TPSA) is 51.0 Å². The molecule has 0 saturated carbocycles. The van der Waals surface area contributed by atoms with Gasteiger partial charge in [-0.15, -0.1) is 0 Å². The molecule has 1 aromatic carbocycles. The van der Waals surface area contributed by atoms with E-state index in [2.05, 4.69) is 11.2 Å². The smallest absolute Gasteiger partial charge is 0.219 e. The fourth-order valence-electron chi connectivity index (χ4n) is 3.63. The van der Waals surface area contributed by atoms with Crippen LogP contribution in [0.2, 0.25) is 0 Å². The van der Waals surface area contributed by atoms with Crippen LogP contribution in [-0.4, -0.2) is 38.7 Å². The van der Waals surface area contributed by atoms with Gasteiger partial charge in [0.1, 0.15) is 11.5 Å². The van der Waals surface area contributed by atoms with E-state index in [1.165, 1.54) is 12.1 Å². The Balaban J connectivity index is 1.77. The van der Waals surface area contributed by atoms with Crippen molar-refractivity contribution in [2.45, 2.75) is 19.3 Å². The fraction of sp³-hybridized carbons (Fsp3) is 0.286. The van der Waals surface area contributed by atoms with Gasteiger partial charge in [-0.25, -0.2) is 9.37 Å². The number of hydrogen-bond donors (Lipinski definition) is 0. The number of likely N-dealkylation sites (tertiary alicyclic amines) is 1. The van der Waals surface area contributed by atoms with Crippen LogP contribution in [0, 0.1) is 5.82 Å². The second kappa shape index (κ2) is 6.95. The maximum atomic E-state index is 13.3. The maximum absolute atomic E-state index is 13.3. The van der Waals surface area contributed by atoms with Gasteiger partial charge in [0.25, 0.3) is 0 Å². The third kappa shape index (κ3) is 3.47. The summed E-state index contributed by atoms with van der Waals surface area (Å²) in [6.45, 7) is 3.08. The lowest BCUT2D eigenvalue weighted by molar-refractivity contribution is -0.127. The number of carbonyl (C=O) groups excluding carboxylic acids is 1. The lowest BCUT2D eigenvalue weighted by Gasteiger charge is -2.17. The maximum Gasteiger partial charge on any atom is 0.219 e. The van der Waals surface area contributed by atoms with Crippen LogP contribution in [0.15, 0.2) is 48.7 Å². The molecule has 3 heterocycles. The summed E-state index contributed by atoms with van der Waals surface area (Å²) in [6, 6.07) is 12.3. The van der Waals surface area contributed by atoms with Gasteiger partial charge in [-0.05, 0) is 48.4 Å². The normalized spacial score (nSPS) is 16.7. The van der Waals surface area contributed by atoms with E-state index in [1.54, 1.807) is 23.7 Å². The minimum absolute atomic E-state index is 0.104. The van der Waals surface area contributed by atoms with Crippen LogP contribution in [0.5, 0.6) is 0 Å². The molecule has 5 nitrogen and oxygen atoms in total. The van der Waals surface area contributed by atoms with Crippen molar-refractivity contribution in [3.63, 3.8) is 0 Å². The number of carbonyl (C=O) groups is 1. The Morgan fingerprint density at radius 2 is 1.89 bits per heavy atom. The van der Waals surface area contributed by atoms with Gasteiger partial charge in [-0.3, -0.25) is 9.48 Å². The van der Waals surface area contributed by atoms with Gasteiger partial charge in [0, 0.05) is 44.7 Å². The van der Waals surface area contributed by atoms with E-state index in [4.69, 9.17) is 4.98 Å². The Kier molecular flexibility index (Phi) is 4.48. The summed E-state index contributed by atoms with van der Waals surface area (Å²) in [7, 11) is 1.88. The van der Waals surface area contributed by atoms with Crippen molar-refractivity contribution in [1.29, 1.82) is 0 Å². The van der Waals surface area contributed by atoms with Crippen LogP contribution in [0.25, 0.3) is 22.6 Å². The molecule has 138 valence electrons. The molecule has 27 heavy (non-hydrogen) atoms. The number of halogens is 1. The molecule has 6 heteroatoms. The number of pyridine rings is 1. The lowest BCUT2D eigenvalue weighted by atomic mass is 9.94. The van der Waals surface area contributed by atoms with E-state index in [9.17, 15) is 9.18 Å². The van der Waals surface area contributed by atoms with Crippen LogP contribution < -0.4 is 0 Å². The van der Waals surface area contributed by atoms with Crippen LogP contribution in [0.4, 0.5) is 4.39 Å². The minimum Gasteiger partial charge on any atom is -0.342 e. The summed E-state index contributed by atoms with van der Waals surface area (Å²) in [5.74, 6) is 0.0732. The summed E-state index contributed by atoms with van der Waals surface area (Å²) in [5, 5.41) is 4.53. The zero-order chi connectivity index (χ0) is 19.0. The van der Waals surface area contributed by atoms with Crippen LogP contribution in [0.1, 0.15) is 24.8 Å². The van der Waals surface area contributed by atoms with Gasteiger partial charge in [-0.2, -0.15) is 5.10 Å². The largest absolute Gasteiger partial charge is 0.342 e. The first kappa shape index (κ1) is 17.4. The molecule has 1 aliphatic heterocycles. The third-order valence-electron chi connectivity index (χ3n) is 5.10. The van der Waals surface area contributed by atoms with Crippen molar-refractivity contribution in [3.05, 3.63) is 60.0 Å². The molecule has 1 atom stereocenters. The van der Waals surface area contributed by atoms with Crippen LogP contribution >= 0.6 is 0 Å². The first-order chi connectivity index (χ1) is 13.0. The van der Waals surface area contributed by atoms with Crippen molar-refractivity contribution in [3.8, 4) is 22.6 Å². The monoisotopic (exact) mass is 364 g/mol. The summed E-state index contributed by atoms with van der Waals surface area (Å²) >= 11 is 0. The molecule has 1 saturated heterocycles. The molecule has 0 spiro atoms. The SMILES string of the molecule is CC(=O)N1CCC(c2ccc(-c3ccc(F)cc3)nc2-c2ccn(C)n2)C1. The molecule has 2 aromatic heterocycles. The third-order valence-corrected chi connectivity index (χ3v) is 5.10. The zero-order valence-corrected chi connectivity index (χ0v) is 15.4. The van der Waals surface area contributed by atoms with Gasteiger partial charge in [0.2, 0.25) is 5.91 Å². The first-order valence-corrected chi connectivity index (χ1v) is 9.03. The van der Waals surface area contributed by atoms with E-state index >= 15 is 0 Å². The number of benzene rings is 1. The molecule has 4 rings (SSSR count). The second-order valence-corrected chi connectivity index (χ2v) is 6.97. The summed E-state index contributed by atoms with van der Waals surface area (Å²) < 4.78 is 15.0. The van der Waals surface area contributed by atoms with Crippen LogP contribution in [-0.2, 0) is 11.8 Å². The van der Waals surface area contributed by atoms with Gasteiger partial charge >= 0.3 is 0 Å². The number of hydrogen-bond acceptors (Lipinski definition) is 3. The van der Waals surface area contributed by atoms with Crippen molar-refractivity contribution in [2.75, 3.05) is 13.1 Å². The Bertz CT molecular complexity index is 980. The van der Waals surface area contributed by atoms with E-state index in [0.717, 1.165) is 41.2 Å². The predicted molar refractivity (Wildman–Crippen MR) is 101 cm³/mol. The Labute approximate surface area is 157 Å². The lowest BCUT2D eigenvalue weighted by Crippen LogP contribution is -2.25. The molecule has 0 bridgehead atoms. The Morgan fingerprint density at radius 3 is 2.52 bits per heavy atom. The second-order valence-electron chi connectivity index (χ2n) is 6.97. The molecule has 3 aromatic rings. The zero-order valence-electron chi connectivity index (χ0n) is 15.4. The summed E-state index contributed by atoms with van der Waals surface area (Å²) in [6.07, 6.45) is 2.80. The first-order valence-electron chi connectivity index (χ1n) is 9.03.